The average molecular weight is 524 g/mol. The molecule has 1 N–H and O–H groups in total. The van der Waals surface area contributed by atoms with E-state index in [4.69, 9.17) is 13.7 Å². The number of benzene rings is 3. The molecule has 0 unspecified atom stereocenters. The van der Waals surface area contributed by atoms with Gasteiger partial charge < -0.3 is 14.6 Å². The Bertz CT molecular complexity index is 1300. The topological polar surface area (TPSA) is 102 Å². The van der Waals surface area contributed by atoms with E-state index in [9.17, 15) is 18.3 Å². The second-order valence-corrected chi connectivity index (χ2v) is 10.2. The van der Waals surface area contributed by atoms with Gasteiger partial charge in [-0.15, -0.1) is 0 Å². The normalized spacial score (nSPS) is 19.5. The van der Waals surface area contributed by atoms with Gasteiger partial charge in [-0.25, -0.2) is 4.79 Å². The van der Waals surface area contributed by atoms with Crippen molar-refractivity contribution in [3.8, 4) is 0 Å². The summed E-state index contributed by atoms with van der Waals surface area (Å²) in [6, 6.07) is 23.9. The molecule has 0 saturated carbocycles. The van der Waals surface area contributed by atoms with Gasteiger partial charge >= 0.3 is 6.09 Å². The quantitative estimate of drug-likeness (QED) is 0.420. The van der Waals surface area contributed by atoms with E-state index >= 15 is 0 Å². The number of amides is 1. The molecule has 3 atom stereocenters. The number of nitrogens with zero attached hydrogens (tertiary/aromatic N) is 1. The fraction of sp³-hybridized carbons (Fsp3) is 0.250. The molecule has 37 heavy (non-hydrogen) atoms. The number of rotatable bonds is 9. The third kappa shape index (κ3) is 7.05. The maximum Gasteiger partial charge on any atom is 0.414 e. The van der Waals surface area contributed by atoms with Gasteiger partial charge in [0.05, 0.1) is 24.2 Å². The number of aliphatic hydroxyl groups excluding tert-OH is 1. The van der Waals surface area contributed by atoms with Crippen molar-refractivity contribution < 1.29 is 32.0 Å². The zero-order valence-corrected chi connectivity index (χ0v) is 21.2. The first kappa shape index (κ1) is 26.6. The molecule has 1 heterocycles. The second kappa shape index (κ2) is 12.2. The van der Waals surface area contributed by atoms with Gasteiger partial charge in [-0.1, -0.05) is 78.4 Å². The minimum absolute atomic E-state index is 0.0275. The van der Waals surface area contributed by atoms with Crippen molar-refractivity contribution in [2.45, 2.75) is 43.3 Å². The molecule has 3 aromatic carbocycles. The van der Waals surface area contributed by atoms with E-state index in [1.807, 2.05) is 67.6 Å². The zero-order chi connectivity index (χ0) is 26.3. The molecule has 8 nitrogen and oxygen atoms in total. The maximum absolute atomic E-state index is 12.9. The van der Waals surface area contributed by atoms with E-state index in [-0.39, 0.29) is 24.7 Å². The van der Waals surface area contributed by atoms with Crippen LogP contribution in [0.25, 0.3) is 0 Å². The Morgan fingerprint density at radius 2 is 1.49 bits per heavy atom. The number of hydrogen-bond acceptors (Lipinski definition) is 7. The molecule has 194 valence electrons. The molecule has 9 heteroatoms. The zero-order valence-electron chi connectivity index (χ0n) is 20.3. The Hall–Kier alpha value is -3.50. The van der Waals surface area contributed by atoms with Gasteiger partial charge in [-0.3, -0.25) is 9.08 Å². The molecule has 1 aliphatic rings. The van der Waals surface area contributed by atoms with Crippen molar-refractivity contribution in [3.05, 3.63) is 114 Å². The highest BCUT2D eigenvalue weighted by molar-refractivity contribution is 7.86. The van der Waals surface area contributed by atoms with Crippen LogP contribution in [0.5, 0.6) is 0 Å². The Morgan fingerprint density at radius 3 is 2.11 bits per heavy atom. The predicted molar refractivity (Wildman–Crippen MR) is 137 cm³/mol. The van der Waals surface area contributed by atoms with Gasteiger partial charge in [0, 0.05) is 6.20 Å². The monoisotopic (exact) mass is 523 g/mol. The fourth-order valence-corrected chi connectivity index (χ4v) is 4.87. The first-order valence-corrected chi connectivity index (χ1v) is 13.2. The SMILES string of the molecule is Cc1ccc(S(=O)(=O)O[C@@H]2C=CN(C(=O)OCc3ccccc3)[C@H](COCc3ccccc3)[C@H]2O)cc1. The van der Waals surface area contributed by atoms with Crippen LogP contribution in [-0.2, 0) is 37.0 Å². The van der Waals surface area contributed by atoms with Crippen molar-refractivity contribution in [2.24, 2.45) is 0 Å². The summed E-state index contributed by atoms with van der Waals surface area (Å²) >= 11 is 0. The van der Waals surface area contributed by atoms with Crippen LogP contribution in [0.4, 0.5) is 4.79 Å². The lowest BCUT2D eigenvalue weighted by Gasteiger charge is -2.37. The van der Waals surface area contributed by atoms with Crippen LogP contribution < -0.4 is 0 Å². The van der Waals surface area contributed by atoms with E-state index < -0.39 is 34.5 Å². The number of carbonyl (C=O) groups excluding carboxylic acids is 1. The van der Waals surface area contributed by atoms with Crippen molar-refractivity contribution in [1.82, 2.24) is 4.90 Å². The summed E-state index contributed by atoms with van der Waals surface area (Å²) in [5.74, 6) is 0. The molecule has 3 aromatic rings. The van der Waals surface area contributed by atoms with Crippen molar-refractivity contribution in [2.75, 3.05) is 6.61 Å². The molecule has 0 radical (unpaired) electrons. The van der Waals surface area contributed by atoms with Gasteiger partial charge in [0.2, 0.25) is 0 Å². The number of aliphatic hydroxyl groups is 1. The smallest absolute Gasteiger partial charge is 0.414 e. The maximum atomic E-state index is 12.9. The number of ether oxygens (including phenoxy) is 2. The van der Waals surface area contributed by atoms with E-state index in [1.165, 1.54) is 29.3 Å². The minimum atomic E-state index is -4.17. The Labute approximate surface area is 216 Å². The third-order valence-corrected chi connectivity index (χ3v) is 7.21. The summed E-state index contributed by atoms with van der Waals surface area (Å²) in [5.41, 5.74) is 2.62. The molecule has 0 bridgehead atoms. The van der Waals surface area contributed by atoms with Gasteiger partial charge in [0.15, 0.2) is 0 Å². The molecule has 0 aliphatic carbocycles. The van der Waals surface area contributed by atoms with E-state index in [2.05, 4.69) is 0 Å². The van der Waals surface area contributed by atoms with Gasteiger partial charge in [-0.2, -0.15) is 8.42 Å². The summed E-state index contributed by atoms with van der Waals surface area (Å²) in [4.78, 5) is 14.1. The van der Waals surface area contributed by atoms with Gasteiger partial charge in [0.25, 0.3) is 10.1 Å². The lowest BCUT2D eigenvalue weighted by molar-refractivity contribution is -0.0421. The van der Waals surface area contributed by atoms with Crippen LogP contribution in [0.1, 0.15) is 16.7 Å². The summed E-state index contributed by atoms with van der Waals surface area (Å²) in [6.07, 6.45) is -0.632. The van der Waals surface area contributed by atoms with Crippen molar-refractivity contribution in [3.63, 3.8) is 0 Å². The van der Waals surface area contributed by atoms with E-state index in [0.29, 0.717) is 0 Å². The molecule has 1 aliphatic heterocycles. The Kier molecular flexibility index (Phi) is 8.73. The molecule has 0 spiro atoms. The van der Waals surface area contributed by atoms with Crippen LogP contribution >= 0.6 is 0 Å². The lowest BCUT2D eigenvalue weighted by Crippen LogP contribution is -2.54. The molecule has 0 aromatic heterocycles. The highest BCUT2D eigenvalue weighted by Crippen LogP contribution is 2.25. The molecule has 1 amide bonds. The summed E-state index contributed by atoms with van der Waals surface area (Å²) in [7, 11) is -4.17. The minimum Gasteiger partial charge on any atom is -0.444 e. The van der Waals surface area contributed by atoms with Gasteiger partial charge in [0.1, 0.15) is 18.8 Å². The van der Waals surface area contributed by atoms with Gasteiger partial charge in [-0.05, 0) is 36.3 Å². The predicted octanol–water partition coefficient (Wildman–Crippen LogP) is 4.18. The summed E-state index contributed by atoms with van der Waals surface area (Å²) in [5, 5.41) is 11.1. The number of carbonyl (C=O) groups is 1. The van der Waals surface area contributed by atoms with Crippen LogP contribution in [0.3, 0.4) is 0 Å². The summed E-state index contributed by atoms with van der Waals surface area (Å²) < 4.78 is 42.3. The lowest BCUT2D eigenvalue weighted by atomic mass is 10.0. The van der Waals surface area contributed by atoms with Crippen LogP contribution in [-0.4, -0.2) is 49.4 Å². The summed E-state index contributed by atoms with van der Waals surface area (Å²) in [6.45, 7) is 2.05. The largest absolute Gasteiger partial charge is 0.444 e. The third-order valence-electron chi connectivity index (χ3n) is 5.89. The van der Waals surface area contributed by atoms with Crippen LogP contribution in [0, 0.1) is 6.92 Å². The van der Waals surface area contributed by atoms with Crippen molar-refractivity contribution >= 4 is 16.2 Å². The molecule has 0 fully saturated rings. The number of aryl methyl sites for hydroxylation is 1. The molecule has 4 rings (SSSR count). The highest BCUT2D eigenvalue weighted by Gasteiger charge is 2.40. The first-order chi connectivity index (χ1) is 17.8. The van der Waals surface area contributed by atoms with E-state index in [1.54, 1.807) is 12.1 Å². The molecule has 0 saturated heterocycles. The second-order valence-electron chi connectivity index (χ2n) is 8.68. The average Bonchev–Trinajstić information content (AvgIpc) is 2.91. The first-order valence-electron chi connectivity index (χ1n) is 11.8. The Morgan fingerprint density at radius 1 is 0.892 bits per heavy atom. The standard InChI is InChI=1S/C28H29NO7S/c1-21-12-14-24(15-13-21)37(32,33)36-26-16-17-29(28(31)35-19-23-10-6-3-7-11-23)25(27(26)30)20-34-18-22-8-4-2-5-9-22/h2-17,25-27,30H,18-20H2,1H3/t25-,26-,27-/m1/s1. The molecular formula is C28H29NO7S. The van der Waals surface area contributed by atoms with Crippen LogP contribution in [0.15, 0.2) is 102 Å². The fourth-order valence-electron chi connectivity index (χ4n) is 3.82. The van der Waals surface area contributed by atoms with E-state index in [0.717, 1.165) is 16.7 Å². The number of hydrogen-bond donors (Lipinski definition) is 1. The highest BCUT2D eigenvalue weighted by atomic mass is 32.2. The Balaban J connectivity index is 1.49. The van der Waals surface area contributed by atoms with Crippen molar-refractivity contribution in [1.29, 1.82) is 0 Å². The van der Waals surface area contributed by atoms with Crippen LogP contribution in [0.2, 0.25) is 0 Å². The molecular weight excluding hydrogens is 494 g/mol.